The Morgan fingerprint density at radius 1 is 1.47 bits per heavy atom. The van der Waals surface area contributed by atoms with E-state index in [0.29, 0.717) is 18.2 Å². The van der Waals surface area contributed by atoms with E-state index < -0.39 is 0 Å². The molecule has 0 unspecified atom stereocenters. The van der Waals surface area contributed by atoms with Crippen LogP contribution in [0.25, 0.3) is 11.6 Å². The number of halogens is 2. The molecule has 0 saturated heterocycles. The molecule has 2 heterocycles. The summed E-state index contributed by atoms with van der Waals surface area (Å²) in [5.74, 6) is 1.96. The van der Waals surface area contributed by atoms with Gasteiger partial charge in [-0.2, -0.15) is 0 Å². The van der Waals surface area contributed by atoms with Crippen molar-refractivity contribution in [3.05, 3.63) is 26.1 Å². The van der Waals surface area contributed by atoms with Gasteiger partial charge < -0.3 is 14.5 Å². The average molecular weight is 438 g/mol. The summed E-state index contributed by atoms with van der Waals surface area (Å²) < 4.78 is 12.4. The molecule has 2 aromatic heterocycles. The van der Waals surface area contributed by atoms with Gasteiger partial charge in [0.05, 0.1) is 26.6 Å². The predicted octanol–water partition coefficient (Wildman–Crippen LogP) is 3.68. The lowest BCUT2D eigenvalue weighted by Crippen LogP contribution is -2.08. The summed E-state index contributed by atoms with van der Waals surface area (Å²) >= 11 is 5.64. The minimum Gasteiger partial charge on any atom is -0.460 e. The van der Waals surface area contributed by atoms with Crippen molar-refractivity contribution in [3.63, 3.8) is 0 Å². The molecule has 0 aliphatic rings. The molecule has 0 saturated carbocycles. The number of aromatic nitrogens is 2. The maximum Gasteiger partial charge on any atom is 0.199 e. The summed E-state index contributed by atoms with van der Waals surface area (Å²) in [4.78, 5) is 9.00. The fourth-order valence-corrected chi connectivity index (χ4v) is 2.53. The van der Waals surface area contributed by atoms with Gasteiger partial charge in [-0.15, -0.1) is 0 Å². The SMILES string of the molecule is CCNc1nc(-c2occc2Br)nc(COC)c1I. The first-order valence-electron chi connectivity index (χ1n) is 5.70. The highest BCUT2D eigenvalue weighted by Gasteiger charge is 2.16. The third kappa shape index (κ3) is 3.26. The summed E-state index contributed by atoms with van der Waals surface area (Å²) in [6.07, 6.45) is 1.60. The molecule has 0 aliphatic carbocycles. The molecule has 102 valence electrons. The Bertz CT molecular complexity index is 547. The standard InChI is InChI=1S/C12H13BrIN3O2/c1-3-15-11-9(14)8(6-18-2)16-12(17-11)10-7(13)4-5-19-10/h4-5H,3,6H2,1-2H3,(H,15,16,17). The Balaban J connectivity index is 2.52. The van der Waals surface area contributed by atoms with E-state index in [1.54, 1.807) is 13.4 Å². The number of nitrogens with one attached hydrogen (secondary N) is 1. The van der Waals surface area contributed by atoms with Gasteiger partial charge in [0.25, 0.3) is 0 Å². The van der Waals surface area contributed by atoms with Gasteiger partial charge in [0.1, 0.15) is 5.82 Å². The number of methoxy groups -OCH3 is 1. The topological polar surface area (TPSA) is 60.2 Å². The summed E-state index contributed by atoms with van der Waals surface area (Å²) in [7, 11) is 1.65. The lowest BCUT2D eigenvalue weighted by atomic mass is 10.3. The normalized spacial score (nSPS) is 10.7. The van der Waals surface area contributed by atoms with Crippen LogP contribution < -0.4 is 5.32 Å². The number of nitrogens with zero attached hydrogens (tertiary/aromatic N) is 2. The van der Waals surface area contributed by atoms with E-state index >= 15 is 0 Å². The zero-order chi connectivity index (χ0) is 13.8. The molecule has 0 fully saturated rings. The molecule has 7 heteroatoms. The van der Waals surface area contributed by atoms with Gasteiger partial charge in [-0.3, -0.25) is 0 Å². The zero-order valence-corrected chi connectivity index (χ0v) is 14.3. The van der Waals surface area contributed by atoms with Crippen molar-refractivity contribution in [1.29, 1.82) is 0 Å². The smallest absolute Gasteiger partial charge is 0.199 e. The summed E-state index contributed by atoms with van der Waals surface area (Å²) in [5, 5.41) is 3.23. The first-order valence-corrected chi connectivity index (χ1v) is 7.57. The zero-order valence-electron chi connectivity index (χ0n) is 10.5. The summed E-state index contributed by atoms with van der Waals surface area (Å²) in [6.45, 7) is 3.25. The van der Waals surface area contributed by atoms with E-state index in [1.807, 2.05) is 13.0 Å². The number of furan rings is 1. The first kappa shape index (κ1) is 14.7. The number of rotatable bonds is 5. The number of hydrogen-bond donors (Lipinski definition) is 1. The first-order chi connectivity index (χ1) is 9.17. The molecule has 0 bridgehead atoms. The second-order valence-electron chi connectivity index (χ2n) is 3.72. The Kier molecular flexibility index (Phi) is 5.17. The van der Waals surface area contributed by atoms with Crippen LogP contribution in [0, 0.1) is 3.57 Å². The lowest BCUT2D eigenvalue weighted by Gasteiger charge is -2.11. The van der Waals surface area contributed by atoms with Crippen LogP contribution in [0.3, 0.4) is 0 Å². The van der Waals surface area contributed by atoms with Crippen LogP contribution in [-0.4, -0.2) is 23.6 Å². The molecule has 0 spiro atoms. The van der Waals surface area contributed by atoms with E-state index in [-0.39, 0.29) is 0 Å². The Morgan fingerprint density at radius 3 is 2.84 bits per heavy atom. The van der Waals surface area contributed by atoms with Crippen LogP contribution in [-0.2, 0) is 11.3 Å². The second kappa shape index (κ2) is 6.67. The van der Waals surface area contributed by atoms with Gasteiger partial charge in [0.2, 0.25) is 0 Å². The lowest BCUT2D eigenvalue weighted by molar-refractivity contribution is 0.181. The van der Waals surface area contributed by atoms with Gasteiger partial charge in [-0.25, -0.2) is 9.97 Å². The largest absolute Gasteiger partial charge is 0.460 e. The van der Waals surface area contributed by atoms with Crippen LogP contribution in [0.5, 0.6) is 0 Å². The number of anilines is 1. The Hall–Kier alpha value is -0.670. The highest BCUT2D eigenvalue weighted by atomic mass is 127. The third-order valence-electron chi connectivity index (χ3n) is 2.37. The maximum absolute atomic E-state index is 5.41. The van der Waals surface area contributed by atoms with Crippen molar-refractivity contribution in [3.8, 4) is 11.6 Å². The van der Waals surface area contributed by atoms with E-state index in [0.717, 1.165) is 26.1 Å². The predicted molar refractivity (Wildman–Crippen MR) is 85.0 cm³/mol. The van der Waals surface area contributed by atoms with Crippen molar-refractivity contribution in [2.75, 3.05) is 19.0 Å². The Morgan fingerprint density at radius 2 is 2.26 bits per heavy atom. The minimum absolute atomic E-state index is 0.435. The molecule has 5 nitrogen and oxygen atoms in total. The van der Waals surface area contributed by atoms with Crippen molar-refractivity contribution >= 4 is 44.3 Å². The minimum atomic E-state index is 0.435. The highest BCUT2D eigenvalue weighted by molar-refractivity contribution is 14.1. The molecule has 2 rings (SSSR count). The molecule has 0 aromatic carbocycles. The van der Waals surface area contributed by atoms with E-state index in [1.165, 1.54) is 0 Å². The quantitative estimate of drug-likeness (QED) is 0.723. The molecule has 0 aliphatic heterocycles. The monoisotopic (exact) mass is 437 g/mol. The van der Waals surface area contributed by atoms with Gasteiger partial charge in [0, 0.05) is 13.7 Å². The summed E-state index contributed by atoms with van der Waals surface area (Å²) in [6, 6.07) is 1.82. The van der Waals surface area contributed by atoms with Gasteiger partial charge >= 0.3 is 0 Å². The van der Waals surface area contributed by atoms with E-state index in [2.05, 4.69) is 53.8 Å². The van der Waals surface area contributed by atoms with Gasteiger partial charge in [-0.05, 0) is 51.5 Å². The van der Waals surface area contributed by atoms with E-state index in [4.69, 9.17) is 9.15 Å². The number of ether oxygens (including phenoxy) is 1. The average Bonchev–Trinajstić information content (AvgIpc) is 2.81. The third-order valence-corrected chi connectivity index (χ3v) is 4.12. The van der Waals surface area contributed by atoms with Crippen LogP contribution in [0.1, 0.15) is 12.6 Å². The van der Waals surface area contributed by atoms with E-state index in [9.17, 15) is 0 Å². The molecular formula is C12H13BrIN3O2. The molecule has 1 N–H and O–H groups in total. The van der Waals surface area contributed by atoms with Gasteiger partial charge in [-0.1, -0.05) is 0 Å². The Labute approximate surface area is 133 Å². The fraction of sp³-hybridized carbons (Fsp3) is 0.333. The van der Waals surface area contributed by atoms with Crippen molar-refractivity contribution < 1.29 is 9.15 Å². The second-order valence-corrected chi connectivity index (χ2v) is 5.65. The van der Waals surface area contributed by atoms with Crippen molar-refractivity contribution in [2.45, 2.75) is 13.5 Å². The van der Waals surface area contributed by atoms with Crippen LogP contribution in [0.2, 0.25) is 0 Å². The van der Waals surface area contributed by atoms with Crippen molar-refractivity contribution in [1.82, 2.24) is 9.97 Å². The molecule has 0 radical (unpaired) electrons. The highest BCUT2D eigenvalue weighted by Crippen LogP contribution is 2.30. The molecule has 2 aromatic rings. The summed E-state index contributed by atoms with van der Waals surface area (Å²) in [5.41, 5.74) is 0.840. The maximum atomic E-state index is 5.41. The van der Waals surface area contributed by atoms with Gasteiger partial charge in [0.15, 0.2) is 11.6 Å². The number of hydrogen-bond acceptors (Lipinski definition) is 5. The van der Waals surface area contributed by atoms with Crippen molar-refractivity contribution in [2.24, 2.45) is 0 Å². The van der Waals surface area contributed by atoms with Crippen LogP contribution in [0.4, 0.5) is 5.82 Å². The molecular weight excluding hydrogens is 425 g/mol. The molecule has 19 heavy (non-hydrogen) atoms. The fourth-order valence-electron chi connectivity index (χ4n) is 1.57. The molecule has 0 atom stereocenters. The van der Waals surface area contributed by atoms with Crippen LogP contribution in [0.15, 0.2) is 21.2 Å². The molecule has 0 amide bonds. The van der Waals surface area contributed by atoms with Crippen LogP contribution >= 0.6 is 38.5 Å².